The van der Waals surface area contributed by atoms with Gasteiger partial charge < -0.3 is 15.0 Å². The van der Waals surface area contributed by atoms with Gasteiger partial charge in [-0.05, 0) is 50.3 Å². The van der Waals surface area contributed by atoms with Crippen LogP contribution in [0.1, 0.15) is 52.8 Å². The summed E-state index contributed by atoms with van der Waals surface area (Å²) in [5, 5.41) is 4.34. The van der Waals surface area contributed by atoms with Gasteiger partial charge in [0.1, 0.15) is 10.8 Å². The average Bonchev–Trinajstić information content (AvgIpc) is 3.13. The number of aromatic amines is 1. The van der Waals surface area contributed by atoms with Crippen molar-refractivity contribution in [3.05, 3.63) is 46.1 Å². The lowest BCUT2D eigenvalue weighted by Crippen LogP contribution is -2.10. The number of aryl methyl sites for hydroxylation is 1. The van der Waals surface area contributed by atoms with Crippen LogP contribution in [-0.4, -0.2) is 22.5 Å². The fraction of sp³-hybridized carbons (Fsp3) is 0.400. The molecule has 5 nitrogen and oxygen atoms in total. The summed E-state index contributed by atoms with van der Waals surface area (Å²) < 4.78 is 5.34. The molecule has 1 aliphatic rings. The molecule has 26 heavy (non-hydrogen) atoms. The summed E-state index contributed by atoms with van der Waals surface area (Å²) in [6, 6.07) is 7.98. The van der Waals surface area contributed by atoms with Crippen LogP contribution in [0.5, 0.6) is 0 Å². The van der Waals surface area contributed by atoms with Gasteiger partial charge >= 0.3 is 5.97 Å². The van der Waals surface area contributed by atoms with Gasteiger partial charge in [0, 0.05) is 4.88 Å². The summed E-state index contributed by atoms with van der Waals surface area (Å²) in [4.78, 5) is 21.8. The molecule has 0 saturated carbocycles. The van der Waals surface area contributed by atoms with E-state index in [4.69, 9.17) is 4.74 Å². The zero-order valence-electron chi connectivity index (χ0n) is 14.9. The number of aromatic nitrogens is 2. The van der Waals surface area contributed by atoms with Crippen molar-refractivity contribution in [3.63, 3.8) is 0 Å². The van der Waals surface area contributed by atoms with Crippen LogP contribution in [0.4, 0.5) is 5.00 Å². The van der Waals surface area contributed by atoms with Crippen molar-refractivity contribution in [3.8, 4) is 0 Å². The minimum Gasteiger partial charge on any atom is -0.462 e. The smallest absolute Gasteiger partial charge is 0.341 e. The van der Waals surface area contributed by atoms with Gasteiger partial charge in [0.2, 0.25) is 0 Å². The topological polar surface area (TPSA) is 67.0 Å². The van der Waals surface area contributed by atoms with E-state index >= 15 is 0 Å². The highest BCUT2D eigenvalue weighted by molar-refractivity contribution is 7.16. The predicted octanol–water partition coefficient (Wildman–Crippen LogP) is 4.68. The Morgan fingerprint density at radius 1 is 1.27 bits per heavy atom. The number of ether oxygens (including phenoxy) is 1. The monoisotopic (exact) mass is 369 g/mol. The number of thiophene rings is 1. The molecule has 0 radical (unpaired) electrons. The number of carbonyl (C=O) groups excluding carboxylic acids is 1. The van der Waals surface area contributed by atoms with E-state index in [0.29, 0.717) is 13.2 Å². The first kappa shape index (κ1) is 17.1. The molecule has 1 aliphatic carbocycles. The number of esters is 1. The Morgan fingerprint density at radius 2 is 2.12 bits per heavy atom. The summed E-state index contributed by atoms with van der Waals surface area (Å²) in [6.07, 6.45) is 5.58. The van der Waals surface area contributed by atoms with E-state index in [2.05, 4.69) is 15.3 Å². The molecule has 136 valence electrons. The third-order valence-corrected chi connectivity index (χ3v) is 6.01. The minimum absolute atomic E-state index is 0.209. The van der Waals surface area contributed by atoms with Gasteiger partial charge in [-0.15, -0.1) is 11.3 Å². The molecular weight excluding hydrogens is 346 g/mol. The molecule has 0 unspecified atom stereocenters. The molecule has 4 rings (SSSR count). The number of nitrogens with zero attached hydrogens (tertiary/aromatic N) is 1. The molecule has 0 atom stereocenters. The minimum atomic E-state index is -0.209. The lowest BCUT2D eigenvalue weighted by molar-refractivity contribution is 0.0526. The highest BCUT2D eigenvalue weighted by atomic mass is 32.1. The van der Waals surface area contributed by atoms with Crippen molar-refractivity contribution in [1.29, 1.82) is 0 Å². The molecule has 3 aromatic rings. The van der Waals surface area contributed by atoms with Gasteiger partial charge in [-0.2, -0.15) is 0 Å². The van der Waals surface area contributed by atoms with Gasteiger partial charge in [-0.25, -0.2) is 9.78 Å². The van der Waals surface area contributed by atoms with Crippen LogP contribution >= 0.6 is 11.3 Å². The fourth-order valence-corrected chi connectivity index (χ4v) is 4.81. The van der Waals surface area contributed by atoms with E-state index in [-0.39, 0.29) is 5.97 Å². The third kappa shape index (κ3) is 3.33. The second kappa shape index (κ2) is 7.50. The van der Waals surface area contributed by atoms with Crippen LogP contribution in [0.3, 0.4) is 0 Å². The van der Waals surface area contributed by atoms with Gasteiger partial charge in [-0.3, -0.25) is 0 Å². The molecule has 0 fully saturated rings. The lowest BCUT2D eigenvalue weighted by atomic mass is 10.1. The van der Waals surface area contributed by atoms with E-state index in [1.165, 1.54) is 23.3 Å². The number of carbonyl (C=O) groups is 1. The summed E-state index contributed by atoms with van der Waals surface area (Å²) >= 11 is 1.70. The summed E-state index contributed by atoms with van der Waals surface area (Å²) in [7, 11) is 0. The quantitative estimate of drug-likeness (QED) is 0.506. The van der Waals surface area contributed by atoms with Crippen molar-refractivity contribution in [2.24, 2.45) is 0 Å². The standard InChI is InChI=1S/C20H23N3O2S/c1-2-25-20(24)18-13-8-4-3-5-11-16(13)26-19(18)21-12-17-22-14-9-6-7-10-15(14)23-17/h6-7,9-10,21H,2-5,8,11-12H2,1H3,(H,22,23). The van der Waals surface area contributed by atoms with Gasteiger partial charge in [0.25, 0.3) is 0 Å². The first-order valence-electron chi connectivity index (χ1n) is 9.25. The van der Waals surface area contributed by atoms with Crippen LogP contribution in [0.25, 0.3) is 11.0 Å². The molecular formula is C20H23N3O2S. The normalized spacial score (nSPS) is 14.0. The number of anilines is 1. The Kier molecular flexibility index (Phi) is 4.93. The largest absolute Gasteiger partial charge is 0.462 e. The first-order valence-corrected chi connectivity index (χ1v) is 10.1. The number of imidazole rings is 1. The van der Waals surface area contributed by atoms with Crippen molar-refractivity contribution < 1.29 is 9.53 Å². The predicted molar refractivity (Wildman–Crippen MR) is 105 cm³/mol. The Hall–Kier alpha value is -2.34. The van der Waals surface area contributed by atoms with E-state index < -0.39 is 0 Å². The maximum absolute atomic E-state index is 12.6. The highest BCUT2D eigenvalue weighted by Crippen LogP contribution is 2.38. The van der Waals surface area contributed by atoms with Crippen LogP contribution < -0.4 is 5.32 Å². The maximum Gasteiger partial charge on any atom is 0.341 e. The van der Waals surface area contributed by atoms with Crippen molar-refractivity contribution in [2.75, 3.05) is 11.9 Å². The van der Waals surface area contributed by atoms with Crippen molar-refractivity contribution in [1.82, 2.24) is 9.97 Å². The van der Waals surface area contributed by atoms with E-state index in [1.807, 2.05) is 31.2 Å². The van der Waals surface area contributed by atoms with E-state index in [1.54, 1.807) is 11.3 Å². The van der Waals surface area contributed by atoms with E-state index in [0.717, 1.165) is 46.7 Å². The SMILES string of the molecule is CCOC(=O)c1c(NCc2nc3ccccc3[nH]2)sc2c1CCCCC2. The average molecular weight is 369 g/mol. The molecule has 2 N–H and O–H groups in total. The Balaban J connectivity index is 1.61. The number of fused-ring (bicyclic) bond motifs is 2. The lowest BCUT2D eigenvalue weighted by Gasteiger charge is -2.08. The molecule has 6 heteroatoms. The number of rotatable bonds is 5. The van der Waals surface area contributed by atoms with Crippen LogP contribution in [-0.2, 0) is 24.1 Å². The zero-order valence-corrected chi connectivity index (χ0v) is 15.7. The molecule has 0 amide bonds. The van der Waals surface area contributed by atoms with Crippen molar-refractivity contribution >= 4 is 33.3 Å². The molecule has 2 heterocycles. The zero-order chi connectivity index (χ0) is 17.9. The summed E-state index contributed by atoms with van der Waals surface area (Å²) in [5.41, 5.74) is 3.91. The molecule has 0 spiro atoms. The second-order valence-corrected chi connectivity index (χ2v) is 7.65. The third-order valence-electron chi connectivity index (χ3n) is 4.76. The second-order valence-electron chi connectivity index (χ2n) is 6.54. The Labute approximate surface area is 156 Å². The number of benzene rings is 1. The van der Waals surface area contributed by atoms with Crippen LogP contribution in [0, 0.1) is 0 Å². The van der Waals surface area contributed by atoms with Crippen molar-refractivity contribution in [2.45, 2.75) is 45.6 Å². The Morgan fingerprint density at radius 3 is 2.96 bits per heavy atom. The van der Waals surface area contributed by atoms with Gasteiger partial charge in [0.05, 0.1) is 29.7 Å². The van der Waals surface area contributed by atoms with Gasteiger partial charge in [-0.1, -0.05) is 18.6 Å². The molecule has 0 bridgehead atoms. The number of hydrogen-bond acceptors (Lipinski definition) is 5. The molecule has 0 saturated heterocycles. The van der Waals surface area contributed by atoms with Crippen LogP contribution in [0.2, 0.25) is 0 Å². The number of para-hydroxylation sites is 2. The molecule has 1 aromatic carbocycles. The van der Waals surface area contributed by atoms with Crippen LogP contribution in [0.15, 0.2) is 24.3 Å². The number of hydrogen-bond donors (Lipinski definition) is 2. The van der Waals surface area contributed by atoms with E-state index in [9.17, 15) is 4.79 Å². The summed E-state index contributed by atoms with van der Waals surface area (Å²) in [5.74, 6) is 0.656. The number of H-pyrrole nitrogens is 1. The number of nitrogens with one attached hydrogen (secondary N) is 2. The highest BCUT2D eigenvalue weighted by Gasteiger charge is 2.25. The first-order chi connectivity index (χ1) is 12.8. The summed E-state index contributed by atoms with van der Waals surface area (Å²) in [6.45, 7) is 2.80. The molecule has 2 aromatic heterocycles. The molecule has 0 aliphatic heterocycles. The fourth-order valence-electron chi connectivity index (χ4n) is 3.54. The van der Waals surface area contributed by atoms with Gasteiger partial charge in [0.15, 0.2) is 0 Å². The Bertz CT molecular complexity index is 895. The maximum atomic E-state index is 12.6.